The Labute approximate surface area is 100.0 Å². The van der Waals surface area contributed by atoms with Gasteiger partial charge in [0, 0.05) is 18.1 Å². The van der Waals surface area contributed by atoms with Gasteiger partial charge in [-0.1, -0.05) is 0 Å². The van der Waals surface area contributed by atoms with Crippen LogP contribution < -0.4 is 10.1 Å². The summed E-state index contributed by atoms with van der Waals surface area (Å²) in [6.07, 6.45) is 3.81. The van der Waals surface area contributed by atoms with Crippen molar-refractivity contribution in [1.29, 1.82) is 0 Å². The number of nitrogens with one attached hydrogen (secondary N) is 1. The van der Waals surface area contributed by atoms with Crippen LogP contribution in [0.2, 0.25) is 0 Å². The van der Waals surface area contributed by atoms with Crippen molar-refractivity contribution in [2.75, 3.05) is 13.7 Å². The van der Waals surface area contributed by atoms with Crippen LogP contribution in [0, 0.1) is 0 Å². The minimum Gasteiger partial charge on any atom is -0.494 e. The van der Waals surface area contributed by atoms with E-state index in [1.54, 1.807) is 12.3 Å². The van der Waals surface area contributed by atoms with E-state index >= 15 is 0 Å². The lowest BCUT2D eigenvalue weighted by Crippen LogP contribution is -2.26. The van der Waals surface area contributed by atoms with Crippen LogP contribution in [-0.2, 0) is 0 Å². The number of rotatable bonds is 5. The zero-order valence-electron chi connectivity index (χ0n) is 9.37. The highest BCUT2D eigenvalue weighted by Gasteiger charge is 2.11. The van der Waals surface area contributed by atoms with Gasteiger partial charge >= 0.3 is 0 Å². The molecule has 0 saturated heterocycles. The maximum Gasteiger partial charge on any atom is 0.255 e. The van der Waals surface area contributed by atoms with Gasteiger partial charge in [0.05, 0.1) is 18.9 Å². The third-order valence-corrected chi connectivity index (χ3v) is 2.29. The van der Waals surface area contributed by atoms with E-state index in [4.69, 9.17) is 16.3 Å². The fourth-order valence-corrected chi connectivity index (χ4v) is 1.32. The van der Waals surface area contributed by atoms with E-state index in [1.807, 2.05) is 6.92 Å². The number of pyridine rings is 1. The number of hydrogen-bond donors (Lipinski definition) is 1. The Morgan fingerprint density at radius 3 is 3.06 bits per heavy atom. The Bertz CT molecular complexity index is 356. The standard InChI is InChI=1S/C11H15ClN2O2/c1-8(12)3-6-14-11(15)9-4-5-13-7-10(9)16-2/h4-5,7-8H,3,6H2,1-2H3,(H,14,15). The lowest BCUT2D eigenvalue weighted by Gasteiger charge is -2.08. The molecule has 1 amide bonds. The van der Waals surface area contributed by atoms with E-state index in [0.717, 1.165) is 6.42 Å². The van der Waals surface area contributed by atoms with Gasteiger partial charge in [-0.15, -0.1) is 11.6 Å². The van der Waals surface area contributed by atoms with Gasteiger partial charge in [-0.05, 0) is 19.4 Å². The Morgan fingerprint density at radius 2 is 2.44 bits per heavy atom. The van der Waals surface area contributed by atoms with Crippen molar-refractivity contribution in [2.45, 2.75) is 18.7 Å². The molecule has 1 atom stereocenters. The summed E-state index contributed by atoms with van der Waals surface area (Å²) in [6, 6.07) is 1.62. The van der Waals surface area contributed by atoms with Gasteiger partial charge in [-0.2, -0.15) is 0 Å². The molecule has 0 aliphatic rings. The molecule has 0 spiro atoms. The van der Waals surface area contributed by atoms with Crippen LogP contribution in [0.15, 0.2) is 18.5 Å². The first kappa shape index (κ1) is 12.8. The van der Waals surface area contributed by atoms with Gasteiger partial charge in [0.2, 0.25) is 0 Å². The number of aromatic nitrogens is 1. The summed E-state index contributed by atoms with van der Waals surface area (Å²) in [5, 5.41) is 2.83. The quantitative estimate of drug-likeness (QED) is 0.802. The number of hydrogen-bond acceptors (Lipinski definition) is 3. The van der Waals surface area contributed by atoms with Gasteiger partial charge < -0.3 is 10.1 Å². The molecule has 0 fully saturated rings. The SMILES string of the molecule is COc1cnccc1C(=O)NCCC(C)Cl. The normalized spacial score (nSPS) is 11.9. The zero-order chi connectivity index (χ0) is 12.0. The molecule has 0 aliphatic heterocycles. The second-order valence-corrected chi connectivity index (χ2v) is 4.15. The van der Waals surface area contributed by atoms with E-state index < -0.39 is 0 Å². The van der Waals surface area contributed by atoms with Crippen molar-refractivity contribution in [2.24, 2.45) is 0 Å². The van der Waals surface area contributed by atoms with Crippen molar-refractivity contribution < 1.29 is 9.53 Å². The number of nitrogens with zero attached hydrogens (tertiary/aromatic N) is 1. The van der Waals surface area contributed by atoms with Gasteiger partial charge in [-0.25, -0.2) is 0 Å². The molecule has 0 aliphatic carbocycles. The van der Waals surface area contributed by atoms with Gasteiger partial charge in [0.25, 0.3) is 5.91 Å². The van der Waals surface area contributed by atoms with Gasteiger partial charge in [0.15, 0.2) is 0 Å². The highest BCUT2D eigenvalue weighted by molar-refractivity contribution is 6.20. The van der Waals surface area contributed by atoms with E-state index in [9.17, 15) is 4.79 Å². The topological polar surface area (TPSA) is 51.2 Å². The monoisotopic (exact) mass is 242 g/mol. The van der Waals surface area contributed by atoms with Crippen LogP contribution in [0.5, 0.6) is 5.75 Å². The van der Waals surface area contributed by atoms with Crippen molar-refractivity contribution in [3.63, 3.8) is 0 Å². The zero-order valence-corrected chi connectivity index (χ0v) is 10.1. The van der Waals surface area contributed by atoms with E-state index in [2.05, 4.69) is 10.3 Å². The summed E-state index contributed by atoms with van der Waals surface area (Å²) in [5.74, 6) is 0.301. The Kier molecular flexibility index (Phi) is 5.05. The third-order valence-electron chi connectivity index (χ3n) is 2.08. The summed E-state index contributed by atoms with van der Waals surface area (Å²) in [6.45, 7) is 2.44. The summed E-state index contributed by atoms with van der Waals surface area (Å²) < 4.78 is 5.04. The van der Waals surface area contributed by atoms with Crippen LogP contribution in [0.3, 0.4) is 0 Å². The number of halogens is 1. The predicted octanol–water partition coefficient (Wildman–Crippen LogP) is 1.84. The van der Waals surface area contributed by atoms with E-state index in [0.29, 0.717) is 17.9 Å². The fourth-order valence-electron chi connectivity index (χ4n) is 1.21. The summed E-state index contributed by atoms with van der Waals surface area (Å²) in [7, 11) is 1.51. The molecule has 0 radical (unpaired) electrons. The average Bonchev–Trinajstić information content (AvgIpc) is 2.28. The molecule has 0 saturated carbocycles. The van der Waals surface area contributed by atoms with Crippen LogP contribution >= 0.6 is 11.6 Å². The molecule has 1 heterocycles. The summed E-state index contributed by atoms with van der Waals surface area (Å²) in [4.78, 5) is 15.6. The smallest absolute Gasteiger partial charge is 0.255 e. The maximum absolute atomic E-state index is 11.7. The maximum atomic E-state index is 11.7. The molecule has 4 nitrogen and oxygen atoms in total. The van der Waals surface area contributed by atoms with Gasteiger partial charge in [-0.3, -0.25) is 9.78 Å². The minimum absolute atomic E-state index is 0.0552. The molecule has 0 bridgehead atoms. The van der Waals surface area contributed by atoms with Gasteiger partial charge in [0.1, 0.15) is 5.75 Å². The first-order chi connectivity index (χ1) is 7.65. The highest BCUT2D eigenvalue weighted by Crippen LogP contribution is 2.15. The molecule has 1 aromatic rings. The molecular weight excluding hydrogens is 228 g/mol. The molecule has 1 N–H and O–H groups in total. The molecule has 16 heavy (non-hydrogen) atoms. The summed E-state index contributed by atoms with van der Waals surface area (Å²) in [5.41, 5.74) is 0.486. The number of amides is 1. The average molecular weight is 243 g/mol. The molecule has 1 unspecified atom stereocenters. The molecule has 1 rings (SSSR count). The molecular formula is C11H15ClN2O2. The van der Waals surface area contributed by atoms with Crippen LogP contribution in [0.4, 0.5) is 0 Å². The van der Waals surface area contributed by atoms with Crippen molar-refractivity contribution in [3.05, 3.63) is 24.0 Å². The number of ether oxygens (including phenoxy) is 1. The summed E-state index contributed by atoms with van der Waals surface area (Å²) >= 11 is 5.78. The van der Waals surface area contributed by atoms with Crippen molar-refractivity contribution >= 4 is 17.5 Å². The largest absolute Gasteiger partial charge is 0.494 e. The predicted molar refractivity (Wildman–Crippen MR) is 63.1 cm³/mol. The third kappa shape index (κ3) is 3.70. The molecule has 5 heteroatoms. The van der Waals surface area contributed by atoms with Crippen LogP contribution in [0.1, 0.15) is 23.7 Å². The highest BCUT2D eigenvalue weighted by atomic mass is 35.5. The second kappa shape index (κ2) is 6.33. The number of carbonyl (C=O) groups is 1. The number of methoxy groups -OCH3 is 1. The number of carbonyl (C=O) groups excluding carboxylic acids is 1. The lowest BCUT2D eigenvalue weighted by atomic mass is 10.2. The number of alkyl halides is 1. The second-order valence-electron chi connectivity index (χ2n) is 3.40. The lowest BCUT2D eigenvalue weighted by molar-refractivity contribution is 0.0950. The van der Waals surface area contributed by atoms with Crippen LogP contribution in [0.25, 0.3) is 0 Å². The molecule has 1 aromatic heterocycles. The van der Waals surface area contributed by atoms with E-state index in [1.165, 1.54) is 13.3 Å². The van der Waals surface area contributed by atoms with Crippen LogP contribution in [-0.4, -0.2) is 29.9 Å². The fraction of sp³-hybridized carbons (Fsp3) is 0.455. The Balaban J connectivity index is 2.59. The molecule has 88 valence electrons. The van der Waals surface area contributed by atoms with Crippen molar-refractivity contribution in [1.82, 2.24) is 10.3 Å². The first-order valence-corrected chi connectivity index (χ1v) is 5.49. The van der Waals surface area contributed by atoms with Crippen molar-refractivity contribution in [3.8, 4) is 5.75 Å². The first-order valence-electron chi connectivity index (χ1n) is 5.05. The minimum atomic E-state index is -0.170. The Hall–Kier alpha value is -1.29. The van der Waals surface area contributed by atoms with E-state index in [-0.39, 0.29) is 11.3 Å². The Morgan fingerprint density at radius 1 is 1.69 bits per heavy atom. The molecule has 0 aromatic carbocycles.